The van der Waals surface area contributed by atoms with Gasteiger partial charge in [0.25, 0.3) is 0 Å². The predicted octanol–water partition coefficient (Wildman–Crippen LogP) is 1.89. The molecule has 1 aliphatic rings. The highest BCUT2D eigenvalue weighted by molar-refractivity contribution is 7.47. The Morgan fingerprint density at radius 2 is 2.12 bits per heavy atom. The van der Waals surface area contributed by atoms with Gasteiger partial charge in [0.2, 0.25) is 0 Å². The van der Waals surface area contributed by atoms with Crippen molar-refractivity contribution in [2.75, 3.05) is 6.54 Å². The minimum atomic E-state index is -4.03. The van der Waals surface area contributed by atoms with Gasteiger partial charge in [0, 0.05) is 0 Å². The minimum Gasteiger partial charge on any atom is -0.404 e. The fourth-order valence-corrected chi connectivity index (χ4v) is 2.47. The van der Waals surface area contributed by atoms with Gasteiger partial charge < -0.3 is 4.52 Å². The smallest absolute Gasteiger partial charge is 0.404 e. The molecule has 5 nitrogen and oxygen atoms in total. The normalized spacial score (nSPS) is 23.9. The summed E-state index contributed by atoms with van der Waals surface area (Å²) in [6.07, 6.45) is 1.28. The van der Waals surface area contributed by atoms with Crippen molar-refractivity contribution in [1.29, 1.82) is 0 Å². The van der Waals surface area contributed by atoms with Gasteiger partial charge in [0.1, 0.15) is 12.0 Å². The molecule has 0 radical (unpaired) electrons. The van der Waals surface area contributed by atoms with Gasteiger partial charge in [-0.25, -0.2) is 4.57 Å². The van der Waals surface area contributed by atoms with Gasteiger partial charge in [-0.1, -0.05) is 18.2 Å². The van der Waals surface area contributed by atoms with E-state index in [0.29, 0.717) is 5.75 Å². The number of hydrogen-bond donors (Lipinski definition) is 2. The second-order valence-corrected chi connectivity index (χ2v) is 4.89. The third-order valence-electron chi connectivity index (χ3n) is 2.24. The van der Waals surface area contributed by atoms with E-state index in [1.165, 1.54) is 0 Å². The van der Waals surface area contributed by atoms with Crippen molar-refractivity contribution in [2.24, 2.45) is 0 Å². The largest absolute Gasteiger partial charge is 0.528 e. The lowest BCUT2D eigenvalue weighted by Gasteiger charge is -2.17. The van der Waals surface area contributed by atoms with Crippen LogP contribution >= 0.6 is 7.82 Å². The van der Waals surface area contributed by atoms with E-state index in [9.17, 15) is 9.46 Å². The van der Waals surface area contributed by atoms with E-state index in [1.54, 1.807) is 30.3 Å². The zero-order valence-electron chi connectivity index (χ0n) is 8.70. The topological polar surface area (TPSA) is 67.8 Å². The van der Waals surface area contributed by atoms with Gasteiger partial charge in [0.05, 0.1) is 0 Å². The monoisotopic (exact) mass is 243 g/mol. The zero-order chi connectivity index (χ0) is 11.4. The maximum absolute atomic E-state index is 11.6. The van der Waals surface area contributed by atoms with Crippen LogP contribution in [0, 0.1) is 0 Å². The predicted molar refractivity (Wildman–Crippen MR) is 59.0 cm³/mol. The van der Waals surface area contributed by atoms with Crippen molar-refractivity contribution in [2.45, 2.75) is 19.1 Å². The second-order valence-electron chi connectivity index (χ2n) is 3.56. The highest BCUT2D eigenvalue weighted by Crippen LogP contribution is 2.45. The van der Waals surface area contributed by atoms with E-state index in [-0.39, 0.29) is 6.23 Å². The highest BCUT2D eigenvalue weighted by Gasteiger charge is 2.29. The van der Waals surface area contributed by atoms with Gasteiger partial charge in [-0.2, -0.15) is 0 Å². The summed E-state index contributed by atoms with van der Waals surface area (Å²) < 4.78 is 21.5. The number of nitrogens with one attached hydrogen (secondary N) is 1. The van der Waals surface area contributed by atoms with Gasteiger partial charge in [-0.3, -0.25) is 14.7 Å². The number of rotatable bonds is 4. The molecule has 0 spiro atoms. The molecule has 88 valence electrons. The van der Waals surface area contributed by atoms with Crippen molar-refractivity contribution in [3.8, 4) is 5.75 Å². The Hall–Kier alpha value is -0.870. The highest BCUT2D eigenvalue weighted by atomic mass is 31.2. The number of phosphoric ester groups is 1. The molecule has 1 heterocycles. The minimum absolute atomic E-state index is 0.325. The number of benzene rings is 1. The lowest BCUT2D eigenvalue weighted by Crippen LogP contribution is -2.24. The van der Waals surface area contributed by atoms with E-state index >= 15 is 0 Å². The first kappa shape index (κ1) is 11.6. The van der Waals surface area contributed by atoms with Crippen LogP contribution in [0.15, 0.2) is 30.3 Å². The fourth-order valence-electron chi connectivity index (χ4n) is 1.54. The SMILES string of the molecule is O=P(O)(Oc1ccccc1)OC1CCCN1. The van der Waals surface area contributed by atoms with Crippen LogP contribution in [0.2, 0.25) is 0 Å². The Morgan fingerprint density at radius 1 is 1.38 bits per heavy atom. The molecular weight excluding hydrogens is 229 g/mol. The third kappa shape index (κ3) is 3.32. The summed E-state index contributed by atoms with van der Waals surface area (Å²) in [7, 11) is -4.03. The van der Waals surface area contributed by atoms with Crippen LogP contribution in [-0.4, -0.2) is 17.7 Å². The molecule has 1 saturated heterocycles. The Kier molecular flexibility index (Phi) is 3.61. The Morgan fingerprint density at radius 3 is 2.75 bits per heavy atom. The molecule has 0 aliphatic carbocycles. The molecule has 2 N–H and O–H groups in total. The molecule has 1 aromatic carbocycles. The van der Waals surface area contributed by atoms with Crippen LogP contribution < -0.4 is 9.84 Å². The molecular formula is C10H14NO4P. The summed E-state index contributed by atoms with van der Waals surface area (Å²) in [5, 5.41) is 2.96. The molecule has 1 fully saturated rings. The van der Waals surface area contributed by atoms with Crippen LogP contribution in [-0.2, 0) is 9.09 Å². The standard InChI is InChI=1S/C10H14NO4P/c12-16(13,15-10-7-4-8-11-10)14-9-5-2-1-3-6-9/h1-3,5-6,10-11H,4,7-8H2,(H,12,13). The van der Waals surface area contributed by atoms with Crippen molar-refractivity contribution in [3.63, 3.8) is 0 Å². The average molecular weight is 243 g/mol. The fraction of sp³-hybridized carbons (Fsp3) is 0.400. The summed E-state index contributed by atoms with van der Waals surface area (Å²) in [5.41, 5.74) is 0. The van der Waals surface area contributed by atoms with Crippen molar-refractivity contribution in [3.05, 3.63) is 30.3 Å². The lowest BCUT2D eigenvalue weighted by molar-refractivity contribution is 0.127. The quantitative estimate of drug-likeness (QED) is 0.790. The van der Waals surface area contributed by atoms with Crippen LogP contribution in [0.5, 0.6) is 5.75 Å². The van der Waals surface area contributed by atoms with E-state index < -0.39 is 7.82 Å². The van der Waals surface area contributed by atoms with E-state index in [4.69, 9.17) is 9.05 Å². The maximum Gasteiger partial charge on any atom is 0.528 e. The van der Waals surface area contributed by atoms with Crippen molar-refractivity contribution >= 4 is 7.82 Å². The number of hydrogen-bond acceptors (Lipinski definition) is 4. The molecule has 1 aliphatic heterocycles. The molecule has 0 bridgehead atoms. The van der Waals surface area contributed by atoms with Gasteiger partial charge in [-0.05, 0) is 31.5 Å². The summed E-state index contributed by atoms with van der Waals surface area (Å²) >= 11 is 0. The first-order valence-electron chi connectivity index (χ1n) is 5.15. The molecule has 0 amide bonds. The molecule has 1 aromatic rings. The Labute approximate surface area is 94.0 Å². The summed E-state index contributed by atoms with van der Waals surface area (Å²) in [4.78, 5) is 9.50. The Bertz CT molecular complexity index is 378. The average Bonchev–Trinajstić information content (AvgIpc) is 2.70. The summed E-state index contributed by atoms with van der Waals surface area (Å²) in [5.74, 6) is 0.325. The lowest BCUT2D eigenvalue weighted by atomic mass is 10.3. The molecule has 2 rings (SSSR count). The third-order valence-corrected chi connectivity index (χ3v) is 3.20. The molecule has 0 aromatic heterocycles. The summed E-state index contributed by atoms with van der Waals surface area (Å²) in [6.45, 7) is 0.802. The van der Waals surface area contributed by atoms with E-state index in [1.807, 2.05) is 0 Å². The zero-order valence-corrected chi connectivity index (χ0v) is 9.60. The molecule has 2 atom stereocenters. The number of phosphoric acid groups is 1. The molecule has 0 saturated carbocycles. The van der Waals surface area contributed by atoms with E-state index in [0.717, 1.165) is 19.4 Å². The van der Waals surface area contributed by atoms with Gasteiger partial charge in [-0.15, -0.1) is 0 Å². The first-order chi connectivity index (χ1) is 7.66. The van der Waals surface area contributed by atoms with Crippen LogP contribution in [0.1, 0.15) is 12.8 Å². The maximum atomic E-state index is 11.6. The second kappa shape index (κ2) is 4.97. The van der Waals surface area contributed by atoms with Crippen molar-refractivity contribution < 1.29 is 18.5 Å². The summed E-state index contributed by atoms with van der Waals surface area (Å²) in [6, 6.07) is 8.46. The van der Waals surface area contributed by atoms with E-state index in [2.05, 4.69) is 5.32 Å². The van der Waals surface area contributed by atoms with Crippen LogP contribution in [0.3, 0.4) is 0 Å². The van der Waals surface area contributed by atoms with Crippen molar-refractivity contribution in [1.82, 2.24) is 5.32 Å². The van der Waals surface area contributed by atoms with Crippen LogP contribution in [0.25, 0.3) is 0 Å². The molecule has 16 heavy (non-hydrogen) atoms. The molecule has 6 heteroatoms. The van der Waals surface area contributed by atoms with Crippen LogP contribution in [0.4, 0.5) is 0 Å². The van der Waals surface area contributed by atoms with Gasteiger partial charge in [0.15, 0.2) is 0 Å². The first-order valence-corrected chi connectivity index (χ1v) is 6.64. The molecule has 2 unspecified atom stereocenters. The number of para-hydroxylation sites is 1. The Balaban J connectivity index is 1.94. The van der Waals surface area contributed by atoms with Gasteiger partial charge >= 0.3 is 7.82 Å².